The Bertz CT molecular complexity index is 863. The number of aromatic nitrogens is 2. The molecule has 1 aromatic carbocycles. The fourth-order valence-electron chi connectivity index (χ4n) is 3.77. The summed E-state index contributed by atoms with van der Waals surface area (Å²) < 4.78 is 13.2. The third kappa shape index (κ3) is 5.49. The molecule has 1 atom stereocenters. The normalized spacial score (nSPS) is 16.5. The van der Waals surface area contributed by atoms with Gasteiger partial charge < -0.3 is 19.7 Å². The Kier molecular flexibility index (Phi) is 7.65. The van der Waals surface area contributed by atoms with E-state index >= 15 is 0 Å². The molecular formula is C23H32N4O3. The second kappa shape index (κ2) is 10.4. The van der Waals surface area contributed by atoms with Crippen molar-refractivity contribution in [1.82, 2.24) is 20.0 Å². The van der Waals surface area contributed by atoms with Gasteiger partial charge in [-0.05, 0) is 26.3 Å². The van der Waals surface area contributed by atoms with Crippen LogP contribution in [-0.2, 0) is 16.0 Å². The summed E-state index contributed by atoms with van der Waals surface area (Å²) in [7, 11) is 0. The van der Waals surface area contributed by atoms with Crippen molar-refractivity contribution in [3.8, 4) is 0 Å². The molecule has 1 N–H and O–H groups in total. The molecule has 0 spiro atoms. The van der Waals surface area contributed by atoms with Gasteiger partial charge in [0, 0.05) is 24.3 Å². The highest BCUT2D eigenvalue weighted by atomic mass is 16.5. The van der Waals surface area contributed by atoms with E-state index in [4.69, 9.17) is 14.6 Å². The number of nitrogens with one attached hydrogen (secondary N) is 1. The zero-order valence-electron chi connectivity index (χ0n) is 18.2. The molecule has 7 heteroatoms. The van der Waals surface area contributed by atoms with Crippen molar-refractivity contribution in [2.75, 3.05) is 39.5 Å². The summed E-state index contributed by atoms with van der Waals surface area (Å²) in [6, 6.07) is 10.0. The molecule has 1 fully saturated rings. The van der Waals surface area contributed by atoms with Crippen LogP contribution >= 0.6 is 0 Å². The lowest BCUT2D eigenvalue weighted by Gasteiger charge is -2.36. The number of rotatable bonds is 8. The summed E-state index contributed by atoms with van der Waals surface area (Å²) in [5, 5.41) is 7.71. The molecule has 1 aliphatic heterocycles. The minimum Gasteiger partial charge on any atom is -0.377 e. The highest BCUT2D eigenvalue weighted by Crippen LogP contribution is 2.29. The lowest BCUT2D eigenvalue weighted by molar-refractivity contribution is 0.0108. The standard InChI is InChI=1S/C23H32N4O3/c1-17(2)15-29-12-10-24-23(28)26-11-13-30-16-21(26)22-18(3)25-27(19(22)4)14-20-8-6-5-7-9-20/h5-9,21H,1,10-16H2,2-4H3,(H,24,28). The van der Waals surface area contributed by atoms with E-state index in [0.29, 0.717) is 46.1 Å². The molecule has 2 aromatic rings. The largest absolute Gasteiger partial charge is 0.377 e. The number of ether oxygens (including phenoxy) is 2. The van der Waals surface area contributed by atoms with Crippen molar-refractivity contribution in [3.63, 3.8) is 0 Å². The highest BCUT2D eigenvalue weighted by Gasteiger charge is 2.32. The highest BCUT2D eigenvalue weighted by molar-refractivity contribution is 5.75. The maximum Gasteiger partial charge on any atom is 0.318 e. The molecule has 1 aliphatic rings. The van der Waals surface area contributed by atoms with Gasteiger partial charge in [0.2, 0.25) is 0 Å². The maximum atomic E-state index is 12.9. The van der Waals surface area contributed by atoms with Gasteiger partial charge in [0.05, 0.1) is 44.7 Å². The fraction of sp³-hybridized carbons (Fsp3) is 0.478. The van der Waals surface area contributed by atoms with Crippen LogP contribution in [0.25, 0.3) is 0 Å². The van der Waals surface area contributed by atoms with Gasteiger partial charge in [0.1, 0.15) is 0 Å². The van der Waals surface area contributed by atoms with Crippen molar-refractivity contribution in [1.29, 1.82) is 0 Å². The van der Waals surface area contributed by atoms with Crippen LogP contribution in [0.5, 0.6) is 0 Å². The van der Waals surface area contributed by atoms with Gasteiger partial charge in [-0.2, -0.15) is 5.10 Å². The van der Waals surface area contributed by atoms with Gasteiger partial charge in [-0.1, -0.05) is 42.5 Å². The molecule has 0 aliphatic carbocycles. The van der Waals surface area contributed by atoms with E-state index in [2.05, 4.69) is 31.0 Å². The molecule has 30 heavy (non-hydrogen) atoms. The Morgan fingerprint density at radius 3 is 2.83 bits per heavy atom. The van der Waals surface area contributed by atoms with Crippen molar-refractivity contribution >= 4 is 6.03 Å². The van der Waals surface area contributed by atoms with Gasteiger partial charge in [0.15, 0.2) is 0 Å². The average molecular weight is 413 g/mol. The van der Waals surface area contributed by atoms with Crippen LogP contribution in [0.1, 0.15) is 35.5 Å². The van der Waals surface area contributed by atoms with Crippen LogP contribution in [0.3, 0.4) is 0 Å². The van der Waals surface area contributed by atoms with Crippen LogP contribution in [-0.4, -0.2) is 60.2 Å². The Morgan fingerprint density at radius 1 is 1.33 bits per heavy atom. The molecule has 162 valence electrons. The second-order valence-electron chi connectivity index (χ2n) is 7.75. The second-order valence-corrected chi connectivity index (χ2v) is 7.75. The van der Waals surface area contributed by atoms with E-state index in [-0.39, 0.29) is 12.1 Å². The summed E-state index contributed by atoms with van der Waals surface area (Å²) >= 11 is 0. The summed E-state index contributed by atoms with van der Waals surface area (Å²) in [5.74, 6) is 0. The van der Waals surface area contributed by atoms with Crippen LogP contribution < -0.4 is 5.32 Å². The summed E-state index contributed by atoms with van der Waals surface area (Å²) in [6.45, 7) is 13.5. The van der Waals surface area contributed by atoms with Gasteiger partial charge in [0.25, 0.3) is 0 Å². The van der Waals surface area contributed by atoms with Crippen molar-refractivity contribution in [3.05, 3.63) is 65.0 Å². The number of aryl methyl sites for hydroxylation is 1. The lowest BCUT2D eigenvalue weighted by Crippen LogP contribution is -2.49. The number of nitrogens with zero attached hydrogens (tertiary/aromatic N) is 3. The fourth-order valence-corrected chi connectivity index (χ4v) is 3.77. The topological polar surface area (TPSA) is 68.6 Å². The van der Waals surface area contributed by atoms with Crippen LogP contribution in [0.4, 0.5) is 4.79 Å². The number of amides is 2. The van der Waals surface area contributed by atoms with E-state index in [9.17, 15) is 4.79 Å². The predicted molar refractivity (Wildman–Crippen MR) is 117 cm³/mol. The number of carbonyl (C=O) groups is 1. The number of morpholine rings is 1. The molecule has 1 saturated heterocycles. The van der Waals surface area contributed by atoms with E-state index in [1.165, 1.54) is 5.56 Å². The first-order valence-electron chi connectivity index (χ1n) is 10.4. The van der Waals surface area contributed by atoms with Crippen molar-refractivity contribution < 1.29 is 14.3 Å². The van der Waals surface area contributed by atoms with Crippen LogP contribution in [0.2, 0.25) is 0 Å². The van der Waals surface area contributed by atoms with Gasteiger partial charge in [-0.25, -0.2) is 4.79 Å². The summed E-state index contributed by atoms with van der Waals surface area (Å²) in [5.41, 5.74) is 5.22. The minimum absolute atomic E-state index is 0.100. The smallest absolute Gasteiger partial charge is 0.318 e. The van der Waals surface area contributed by atoms with E-state index in [0.717, 1.165) is 22.5 Å². The Morgan fingerprint density at radius 2 is 2.10 bits per heavy atom. The Hall–Kier alpha value is -2.64. The van der Waals surface area contributed by atoms with Gasteiger partial charge in [-0.3, -0.25) is 4.68 Å². The van der Waals surface area contributed by atoms with E-state index in [1.54, 1.807) is 0 Å². The third-order valence-electron chi connectivity index (χ3n) is 5.21. The molecule has 3 rings (SSSR count). The van der Waals surface area contributed by atoms with Gasteiger partial charge >= 0.3 is 6.03 Å². The number of urea groups is 1. The van der Waals surface area contributed by atoms with Crippen molar-refractivity contribution in [2.45, 2.75) is 33.4 Å². The van der Waals surface area contributed by atoms with E-state index in [1.807, 2.05) is 41.6 Å². The van der Waals surface area contributed by atoms with E-state index < -0.39 is 0 Å². The monoisotopic (exact) mass is 412 g/mol. The zero-order valence-corrected chi connectivity index (χ0v) is 18.2. The van der Waals surface area contributed by atoms with Gasteiger partial charge in [-0.15, -0.1) is 0 Å². The predicted octanol–water partition coefficient (Wildman–Crippen LogP) is 3.22. The molecule has 1 aromatic heterocycles. The lowest BCUT2D eigenvalue weighted by atomic mass is 10.0. The SMILES string of the molecule is C=C(C)COCCNC(=O)N1CCOCC1c1c(C)nn(Cc2ccccc2)c1C. The quantitative estimate of drug-likeness (QED) is 0.534. The number of carbonyl (C=O) groups excluding carboxylic acids is 1. The molecule has 0 saturated carbocycles. The first-order chi connectivity index (χ1) is 14.5. The van der Waals surface area contributed by atoms with Crippen LogP contribution in [0.15, 0.2) is 42.5 Å². The minimum atomic E-state index is -0.153. The summed E-state index contributed by atoms with van der Waals surface area (Å²) in [6.07, 6.45) is 0. The molecule has 7 nitrogen and oxygen atoms in total. The molecule has 2 amide bonds. The summed E-state index contributed by atoms with van der Waals surface area (Å²) in [4.78, 5) is 14.7. The Labute approximate surface area is 178 Å². The molecule has 2 heterocycles. The Balaban J connectivity index is 1.69. The molecule has 0 bridgehead atoms. The number of hydrogen-bond donors (Lipinski definition) is 1. The third-order valence-corrected chi connectivity index (χ3v) is 5.21. The molecule has 1 unspecified atom stereocenters. The number of hydrogen-bond acceptors (Lipinski definition) is 4. The maximum absolute atomic E-state index is 12.9. The molecular weight excluding hydrogens is 380 g/mol. The first kappa shape index (κ1) is 22.1. The van der Waals surface area contributed by atoms with Crippen molar-refractivity contribution in [2.24, 2.45) is 0 Å². The van der Waals surface area contributed by atoms with Crippen LogP contribution in [0, 0.1) is 13.8 Å². The average Bonchev–Trinajstić information content (AvgIpc) is 3.01. The first-order valence-corrected chi connectivity index (χ1v) is 10.4. The zero-order chi connectivity index (χ0) is 21.5. The number of benzene rings is 1. The molecule has 0 radical (unpaired) electrons.